The van der Waals surface area contributed by atoms with Crippen molar-refractivity contribution in [2.45, 2.75) is 72.1 Å². The minimum atomic E-state index is 0. The van der Waals surface area contributed by atoms with Gasteiger partial charge in [0.2, 0.25) is 0 Å². The fourth-order valence-electron chi connectivity index (χ4n) is 2.69. The Morgan fingerprint density at radius 2 is 1.00 bits per heavy atom. The molecular formula is C16H35ClIN. The lowest BCUT2D eigenvalue weighted by Gasteiger charge is -2.39. The summed E-state index contributed by atoms with van der Waals surface area (Å²) in [5, 5.41) is 0. The summed E-state index contributed by atoms with van der Waals surface area (Å²) in [5.74, 6) is 0.829. The summed E-state index contributed by atoms with van der Waals surface area (Å²) in [6.07, 6.45) is 10.6. The molecule has 118 valence electrons. The maximum absolute atomic E-state index is 5.84. The fraction of sp³-hybridized carbons (Fsp3) is 1.00. The van der Waals surface area contributed by atoms with Crippen molar-refractivity contribution in [3.63, 3.8) is 0 Å². The number of nitrogens with zero attached hydrogens (tertiary/aromatic N) is 1. The summed E-state index contributed by atoms with van der Waals surface area (Å²) in [4.78, 5) is 0. The van der Waals surface area contributed by atoms with E-state index in [1.807, 2.05) is 0 Å². The van der Waals surface area contributed by atoms with Crippen LogP contribution in [0.3, 0.4) is 0 Å². The third kappa shape index (κ3) is 11.3. The van der Waals surface area contributed by atoms with Gasteiger partial charge in [-0.2, -0.15) is 0 Å². The third-order valence-corrected chi connectivity index (χ3v) is 4.24. The van der Waals surface area contributed by atoms with Crippen LogP contribution in [0.25, 0.3) is 0 Å². The van der Waals surface area contributed by atoms with Crippen molar-refractivity contribution >= 4 is 11.6 Å². The van der Waals surface area contributed by atoms with E-state index in [1.165, 1.54) is 82.0 Å². The molecule has 0 aliphatic rings. The number of rotatable bonds is 13. The van der Waals surface area contributed by atoms with Crippen molar-refractivity contribution in [2.24, 2.45) is 0 Å². The van der Waals surface area contributed by atoms with Crippen molar-refractivity contribution < 1.29 is 28.5 Å². The predicted molar refractivity (Wildman–Crippen MR) is 84.4 cm³/mol. The summed E-state index contributed by atoms with van der Waals surface area (Å²) in [5.41, 5.74) is 0. The molecule has 0 unspecified atom stereocenters. The maximum Gasteiger partial charge on any atom is 0.0787 e. The molecule has 0 N–H and O–H groups in total. The zero-order valence-electron chi connectivity index (χ0n) is 13.4. The molecule has 0 aliphatic heterocycles. The molecule has 0 saturated carbocycles. The Balaban J connectivity index is 0. The van der Waals surface area contributed by atoms with Crippen LogP contribution in [0.1, 0.15) is 72.1 Å². The molecule has 0 saturated heterocycles. The minimum absolute atomic E-state index is 0. The first-order valence-corrected chi connectivity index (χ1v) is 8.69. The second-order valence-electron chi connectivity index (χ2n) is 5.69. The Morgan fingerprint density at radius 3 is 1.32 bits per heavy atom. The molecule has 3 heteroatoms. The summed E-state index contributed by atoms with van der Waals surface area (Å²) in [6, 6.07) is 0. The maximum atomic E-state index is 5.84. The van der Waals surface area contributed by atoms with E-state index in [1.54, 1.807) is 0 Å². The monoisotopic (exact) mass is 403 g/mol. The lowest BCUT2D eigenvalue weighted by molar-refractivity contribution is -0.929. The van der Waals surface area contributed by atoms with Crippen LogP contribution in [0.2, 0.25) is 0 Å². The average molecular weight is 404 g/mol. The summed E-state index contributed by atoms with van der Waals surface area (Å²) in [6.45, 7) is 12.5. The van der Waals surface area contributed by atoms with E-state index < -0.39 is 0 Å². The predicted octanol–water partition coefficient (Wildman–Crippen LogP) is 2.23. The smallest absolute Gasteiger partial charge is 0.0787 e. The van der Waals surface area contributed by atoms with E-state index in [-0.39, 0.29) is 24.0 Å². The first-order valence-electron chi connectivity index (χ1n) is 8.15. The SMILES string of the molecule is CCCC[N+](CCCC)(CCCC)CCCCCl.[I-]. The van der Waals surface area contributed by atoms with Gasteiger partial charge in [0.1, 0.15) is 0 Å². The zero-order valence-corrected chi connectivity index (χ0v) is 16.3. The molecule has 0 aromatic heterocycles. The standard InChI is InChI=1S/C16H35ClN.HI/c1-4-7-13-18(14-8-5-2,15-9-6-3)16-11-10-12-17;/h4-16H2,1-3H3;1H/q+1;/p-1. The van der Waals surface area contributed by atoms with Gasteiger partial charge in [0.15, 0.2) is 0 Å². The Bertz CT molecular complexity index is 154. The Morgan fingerprint density at radius 1 is 0.632 bits per heavy atom. The van der Waals surface area contributed by atoms with Crippen molar-refractivity contribution in [3.8, 4) is 0 Å². The summed E-state index contributed by atoms with van der Waals surface area (Å²) >= 11 is 5.84. The van der Waals surface area contributed by atoms with E-state index >= 15 is 0 Å². The van der Waals surface area contributed by atoms with Crippen LogP contribution in [0.15, 0.2) is 0 Å². The van der Waals surface area contributed by atoms with Gasteiger partial charge in [-0.1, -0.05) is 40.0 Å². The topological polar surface area (TPSA) is 0 Å². The number of quaternary nitrogens is 1. The molecule has 0 aromatic carbocycles. The molecule has 0 heterocycles. The van der Waals surface area contributed by atoms with Gasteiger partial charge in [0.05, 0.1) is 26.2 Å². The Labute approximate surface area is 144 Å². The highest BCUT2D eigenvalue weighted by Crippen LogP contribution is 2.16. The molecule has 1 nitrogen and oxygen atoms in total. The van der Waals surface area contributed by atoms with E-state index in [0.29, 0.717) is 0 Å². The third-order valence-electron chi connectivity index (χ3n) is 3.97. The lowest BCUT2D eigenvalue weighted by atomic mass is 10.1. The van der Waals surface area contributed by atoms with Gasteiger partial charge in [-0.25, -0.2) is 0 Å². The molecule has 0 aromatic rings. The molecule has 0 aliphatic carbocycles. The largest absolute Gasteiger partial charge is 1.00 e. The van der Waals surface area contributed by atoms with E-state index in [4.69, 9.17) is 11.6 Å². The van der Waals surface area contributed by atoms with Crippen LogP contribution in [-0.2, 0) is 0 Å². The van der Waals surface area contributed by atoms with Gasteiger partial charge in [0.25, 0.3) is 0 Å². The average Bonchev–Trinajstić information content (AvgIpc) is 2.40. The van der Waals surface area contributed by atoms with Crippen LogP contribution in [0.4, 0.5) is 0 Å². The first kappa shape index (κ1) is 22.3. The number of halogens is 2. The van der Waals surface area contributed by atoms with Crippen LogP contribution >= 0.6 is 11.6 Å². The van der Waals surface area contributed by atoms with Gasteiger partial charge in [-0.05, 0) is 32.1 Å². The highest BCUT2D eigenvalue weighted by Gasteiger charge is 2.24. The molecular weight excluding hydrogens is 369 g/mol. The molecule has 0 spiro atoms. The quantitative estimate of drug-likeness (QED) is 0.191. The number of hydrogen-bond donors (Lipinski definition) is 0. The molecule has 0 atom stereocenters. The second kappa shape index (κ2) is 15.4. The van der Waals surface area contributed by atoms with Crippen molar-refractivity contribution in [1.29, 1.82) is 0 Å². The number of alkyl halides is 1. The van der Waals surface area contributed by atoms with Crippen molar-refractivity contribution in [1.82, 2.24) is 0 Å². The zero-order chi connectivity index (χ0) is 13.7. The van der Waals surface area contributed by atoms with Crippen molar-refractivity contribution in [2.75, 3.05) is 32.1 Å². The Hall–Kier alpha value is 0.980. The first-order chi connectivity index (χ1) is 8.74. The van der Waals surface area contributed by atoms with E-state index in [2.05, 4.69) is 20.8 Å². The van der Waals surface area contributed by atoms with Gasteiger partial charge >= 0.3 is 0 Å². The van der Waals surface area contributed by atoms with Crippen LogP contribution in [0.5, 0.6) is 0 Å². The molecule has 0 fully saturated rings. The number of hydrogen-bond acceptors (Lipinski definition) is 0. The molecule has 0 rings (SSSR count). The van der Waals surface area contributed by atoms with Gasteiger partial charge in [0, 0.05) is 5.88 Å². The summed E-state index contributed by atoms with van der Waals surface area (Å²) in [7, 11) is 0. The summed E-state index contributed by atoms with van der Waals surface area (Å²) < 4.78 is 1.37. The van der Waals surface area contributed by atoms with E-state index in [0.717, 1.165) is 5.88 Å². The Kier molecular flexibility index (Phi) is 18.0. The van der Waals surface area contributed by atoms with Gasteiger partial charge < -0.3 is 28.5 Å². The minimum Gasteiger partial charge on any atom is -1.00 e. The molecule has 0 radical (unpaired) electrons. The molecule has 19 heavy (non-hydrogen) atoms. The van der Waals surface area contributed by atoms with E-state index in [9.17, 15) is 0 Å². The number of unbranched alkanes of at least 4 members (excludes halogenated alkanes) is 4. The van der Waals surface area contributed by atoms with Crippen LogP contribution in [0, 0.1) is 0 Å². The van der Waals surface area contributed by atoms with Crippen LogP contribution < -0.4 is 24.0 Å². The fourth-order valence-corrected chi connectivity index (χ4v) is 2.88. The highest BCUT2D eigenvalue weighted by molar-refractivity contribution is 6.17. The normalized spacial score (nSPS) is 11.4. The van der Waals surface area contributed by atoms with Crippen LogP contribution in [-0.4, -0.2) is 36.5 Å². The molecule has 0 amide bonds. The molecule has 0 bridgehead atoms. The second-order valence-corrected chi connectivity index (χ2v) is 6.07. The highest BCUT2D eigenvalue weighted by atomic mass is 127. The lowest BCUT2D eigenvalue weighted by Crippen LogP contribution is -3.00. The van der Waals surface area contributed by atoms with Crippen molar-refractivity contribution in [3.05, 3.63) is 0 Å². The van der Waals surface area contributed by atoms with Gasteiger partial charge in [-0.15, -0.1) is 11.6 Å². The van der Waals surface area contributed by atoms with Gasteiger partial charge in [-0.3, -0.25) is 0 Å².